The standard InChI is InChI=1S/C11H9N3O3/c15-10-8(11(16)17)6-13-9(14-10)5-7-3-1-2-4-12-7/h1-4,6H,5H2,(H,16,17)(H,13,14,15). The van der Waals surface area contributed by atoms with Crippen LogP contribution in [0.4, 0.5) is 0 Å². The van der Waals surface area contributed by atoms with Gasteiger partial charge in [-0.2, -0.15) is 4.98 Å². The fourth-order valence-electron chi connectivity index (χ4n) is 1.31. The summed E-state index contributed by atoms with van der Waals surface area (Å²) in [6.45, 7) is 0. The van der Waals surface area contributed by atoms with Crippen molar-refractivity contribution < 1.29 is 15.0 Å². The number of carboxylic acid groups (broad SMARTS) is 1. The molecule has 0 fully saturated rings. The minimum Gasteiger partial charge on any atom is -0.493 e. The van der Waals surface area contributed by atoms with Gasteiger partial charge in [0.15, 0.2) is 0 Å². The number of carbonyl (C=O) groups is 1. The molecule has 17 heavy (non-hydrogen) atoms. The molecule has 2 rings (SSSR count). The Morgan fingerprint density at radius 1 is 1.29 bits per heavy atom. The van der Waals surface area contributed by atoms with E-state index in [4.69, 9.17) is 5.11 Å². The second-order valence-corrected chi connectivity index (χ2v) is 3.33. The topological polar surface area (TPSA) is 96.2 Å². The molecule has 2 N–H and O–H groups in total. The van der Waals surface area contributed by atoms with Crippen LogP contribution in [0.25, 0.3) is 0 Å². The molecule has 2 aromatic rings. The van der Waals surface area contributed by atoms with E-state index in [1.165, 1.54) is 0 Å². The van der Waals surface area contributed by atoms with Gasteiger partial charge in [0.25, 0.3) is 0 Å². The summed E-state index contributed by atoms with van der Waals surface area (Å²) in [6, 6.07) is 5.41. The van der Waals surface area contributed by atoms with E-state index >= 15 is 0 Å². The van der Waals surface area contributed by atoms with E-state index in [0.717, 1.165) is 11.9 Å². The van der Waals surface area contributed by atoms with Crippen LogP contribution >= 0.6 is 0 Å². The Balaban J connectivity index is 2.24. The number of hydrogen-bond donors (Lipinski definition) is 2. The Hall–Kier alpha value is -2.50. The van der Waals surface area contributed by atoms with E-state index in [-0.39, 0.29) is 5.56 Å². The van der Waals surface area contributed by atoms with E-state index in [0.29, 0.717) is 12.2 Å². The number of carboxylic acids is 1. The van der Waals surface area contributed by atoms with Gasteiger partial charge in [-0.1, -0.05) is 6.07 Å². The first-order valence-electron chi connectivity index (χ1n) is 4.85. The summed E-state index contributed by atoms with van der Waals surface area (Å²) < 4.78 is 0. The highest BCUT2D eigenvalue weighted by molar-refractivity contribution is 5.89. The normalized spacial score (nSPS) is 10.1. The van der Waals surface area contributed by atoms with Gasteiger partial charge < -0.3 is 10.2 Å². The van der Waals surface area contributed by atoms with E-state index in [1.54, 1.807) is 18.3 Å². The molecule has 0 aliphatic heterocycles. The van der Waals surface area contributed by atoms with Gasteiger partial charge in [-0.05, 0) is 12.1 Å². The molecular weight excluding hydrogens is 222 g/mol. The first-order valence-corrected chi connectivity index (χ1v) is 4.85. The summed E-state index contributed by atoms with van der Waals surface area (Å²) in [6.07, 6.45) is 3.07. The second kappa shape index (κ2) is 4.56. The molecule has 0 unspecified atom stereocenters. The molecule has 0 atom stereocenters. The molecule has 0 saturated heterocycles. The zero-order valence-corrected chi connectivity index (χ0v) is 8.74. The lowest BCUT2D eigenvalue weighted by molar-refractivity contribution is 0.0692. The molecule has 0 saturated carbocycles. The molecule has 6 nitrogen and oxygen atoms in total. The summed E-state index contributed by atoms with van der Waals surface area (Å²) in [7, 11) is 0. The van der Waals surface area contributed by atoms with Crippen LogP contribution in [0.1, 0.15) is 21.9 Å². The van der Waals surface area contributed by atoms with Crippen LogP contribution in [0, 0.1) is 0 Å². The minimum absolute atomic E-state index is 0.310. The highest BCUT2D eigenvalue weighted by atomic mass is 16.4. The summed E-state index contributed by atoms with van der Waals surface area (Å²) in [4.78, 5) is 22.3. The van der Waals surface area contributed by atoms with Gasteiger partial charge in [0.1, 0.15) is 11.4 Å². The Kier molecular flexibility index (Phi) is 2.95. The summed E-state index contributed by atoms with van der Waals surface area (Å²) >= 11 is 0. The number of pyridine rings is 1. The van der Waals surface area contributed by atoms with Gasteiger partial charge >= 0.3 is 5.97 Å². The van der Waals surface area contributed by atoms with Gasteiger partial charge in [0.2, 0.25) is 5.88 Å². The monoisotopic (exact) mass is 231 g/mol. The SMILES string of the molecule is O=C(O)c1cnc(Cc2ccccn2)nc1O. The highest BCUT2D eigenvalue weighted by Gasteiger charge is 2.12. The first-order chi connectivity index (χ1) is 8.16. The molecule has 0 aliphatic rings. The molecule has 0 aliphatic carbocycles. The third kappa shape index (κ3) is 2.54. The molecular formula is C11H9N3O3. The number of aromatic hydroxyl groups is 1. The Bertz CT molecular complexity index is 543. The Morgan fingerprint density at radius 2 is 2.12 bits per heavy atom. The summed E-state index contributed by atoms with van der Waals surface area (Å²) in [5.41, 5.74) is 0.435. The number of nitrogens with zero attached hydrogens (tertiary/aromatic N) is 3. The van der Waals surface area contributed by atoms with Gasteiger partial charge in [0.05, 0.1) is 6.42 Å². The zero-order valence-electron chi connectivity index (χ0n) is 8.74. The molecule has 6 heteroatoms. The molecule has 0 spiro atoms. The molecule has 2 aromatic heterocycles. The van der Waals surface area contributed by atoms with Crippen LogP contribution in [0.3, 0.4) is 0 Å². The maximum atomic E-state index is 10.6. The van der Waals surface area contributed by atoms with Crippen molar-refractivity contribution in [2.75, 3.05) is 0 Å². The fourth-order valence-corrected chi connectivity index (χ4v) is 1.31. The van der Waals surface area contributed by atoms with Gasteiger partial charge in [-0.25, -0.2) is 9.78 Å². The van der Waals surface area contributed by atoms with Crippen LogP contribution in [0.2, 0.25) is 0 Å². The molecule has 0 aromatic carbocycles. The van der Waals surface area contributed by atoms with Crippen molar-refractivity contribution in [3.05, 3.63) is 47.7 Å². The third-order valence-electron chi connectivity index (χ3n) is 2.11. The maximum Gasteiger partial charge on any atom is 0.342 e. The average Bonchev–Trinajstić information content (AvgIpc) is 2.30. The zero-order chi connectivity index (χ0) is 12.3. The van der Waals surface area contributed by atoms with Crippen LogP contribution in [-0.2, 0) is 6.42 Å². The van der Waals surface area contributed by atoms with Crippen molar-refractivity contribution >= 4 is 5.97 Å². The molecule has 0 radical (unpaired) electrons. The van der Waals surface area contributed by atoms with Crippen LogP contribution in [0.15, 0.2) is 30.6 Å². The minimum atomic E-state index is -1.26. The van der Waals surface area contributed by atoms with Crippen molar-refractivity contribution in [3.63, 3.8) is 0 Å². The lowest BCUT2D eigenvalue weighted by atomic mass is 10.2. The maximum absolute atomic E-state index is 10.6. The third-order valence-corrected chi connectivity index (χ3v) is 2.11. The molecule has 0 amide bonds. The summed E-state index contributed by atoms with van der Waals surface area (Å²) in [5, 5.41) is 18.1. The van der Waals surface area contributed by atoms with E-state index in [2.05, 4.69) is 15.0 Å². The number of aromatic carboxylic acids is 1. The van der Waals surface area contributed by atoms with Gasteiger partial charge in [0, 0.05) is 18.1 Å². The first kappa shape index (κ1) is 11.0. The number of hydrogen-bond acceptors (Lipinski definition) is 5. The van der Waals surface area contributed by atoms with Crippen LogP contribution < -0.4 is 0 Å². The highest BCUT2D eigenvalue weighted by Crippen LogP contribution is 2.13. The number of aromatic nitrogens is 3. The molecule has 0 bridgehead atoms. The molecule has 86 valence electrons. The largest absolute Gasteiger partial charge is 0.493 e. The fraction of sp³-hybridized carbons (Fsp3) is 0.0909. The van der Waals surface area contributed by atoms with Crippen molar-refractivity contribution in [3.8, 4) is 5.88 Å². The van der Waals surface area contributed by atoms with Crippen LogP contribution in [-0.4, -0.2) is 31.1 Å². The predicted octanol–water partition coefficient (Wildman–Crippen LogP) is 0.866. The second-order valence-electron chi connectivity index (χ2n) is 3.33. The average molecular weight is 231 g/mol. The smallest absolute Gasteiger partial charge is 0.342 e. The van der Waals surface area contributed by atoms with E-state index < -0.39 is 11.8 Å². The lowest BCUT2D eigenvalue weighted by Gasteiger charge is -2.02. The molecule has 2 heterocycles. The lowest BCUT2D eigenvalue weighted by Crippen LogP contribution is -2.04. The van der Waals surface area contributed by atoms with Crippen molar-refractivity contribution in [1.82, 2.24) is 15.0 Å². The van der Waals surface area contributed by atoms with Crippen molar-refractivity contribution in [1.29, 1.82) is 0 Å². The number of rotatable bonds is 3. The summed E-state index contributed by atoms with van der Waals surface area (Å²) in [5.74, 6) is -1.46. The van der Waals surface area contributed by atoms with Crippen LogP contribution in [0.5, 0.6) is 5.88 Å². The predicted molar refractivity (Wildman–Crippen MR) is 57.7 cm³/mol. The van der Waals surface area contributed by atoms with Gasteiger partial charge in [-0.15, -0.1) is 0 Å². The van der Waals surface area contributed by atoms with E-state index in [1.807, 2.05) is 6.07 Å². The Labute approximate surface area is 96.6 Å². The van der Waals surface area contributed by atoms with Crippen molar-refractivity contribution in [2.24, 2.45) is 0 Å². The quantitative estimate of drug-likeness (QED) is 0.813. The van der Waals surface area contributed by atoms with Crippen molar-refractivity contribution in [2.45, 2.75) is 6.42 Å². The van der Waals surface area contributed by atoms with E-state index in [9.17, 15) is 9.90 Å². The van der Waals surface area contributed by atoms with Gasteiger partial charge in [-0.3, -0.25) is 4.98 Å². The Morgan fingerprint density at radius 3 is 2.71 bits per heavy atom.